The van der Waals surface area contributed by atoms with Crippen LogP contribution in [0.25, 0.3) is 10.9 Å². The Labute approximate surface area is 128 Å². The molecule has 2 aromatic rings. The number of halogens is 1. The zero-order chi connectivity index (χ0) is 15.1. The number of hydrogen-bond donors (Lipinski definition) is 0. The van der Waals surface area contributed by atoms with Crippen molar-refractivity contribution in [1.29, 1.82) is 0 Å². The Morgan fingerprint density at radius 3 is 2.10 bits per heavy atom. The van der Waals surface area contributed by atoms with E-state index in [1.165, 1.54) is 10.9 Å². The summed E-state index contributed by atoms with van der Waals surface area (Å²) in [6.45, 7) is 14.3. The largest absolute Gasteiger partial charge is 0.373 e. The monoisotopic (exact) mass is 308 g/mol. The predicted octanol–water partition coefficient (Wildman–Crippen LogP) is 5.71. The molecule has 0 amide bonds. The number of nitrogens with zero attached hydrogens (tertiary/aromatic N) is 2. The first-order valence-corrected chi connectivity index (χ1v) is 10.0. The lowest BCUT2D eigenvalue weighted by atomic mass is 10.3. The Kier molecular flexibility index (Phi) is 4.31. The van der Waals surface area contributed by atoms with Crippen molar-refractivity contribution in [2.75, 3.05) is 0 Å². The maximum Gasteiger partial charge on any atom is 0.169 e. The smallest absolute Gasteiger partial charge is 0.169 e. The molecular weight excluding hydrogens is 284 g/mol. The second kappa shape index (κ2) is 5.53. The van der Waals surface area contributed by atoms with Crippen molar-refractivity contribution in [3.8, 4) is 0 Å². The lowest BCUT2D eigenvalue weighted by molar-refractivity contribution is 0.773. The highest BCUT2D eigenvalue weighted by atomic mass is 35.5. The molecular formula is C16H25ClN2Si. The second-order valence-electron chi connectivity index (χ2n) is 6.60. The van der Waals surface area contributed by atoms with Gasteiger partial charge in [-0.2, -0.15) is 0 Å². The van der Waals surface area contributed by atoms with Crippen LogP contribution in [0.15, 0.2) is 24.5 Å². The summed E-state index contributed by atoms with van der Waals surface area (Å²) in [5, 5.41) is 1.77. The number of hydrogen-bond acceptors (Lipinski definition) is 1. The molecule has 0 N–H and O–H groups in total. The van der Waals surface area contributed by atoms with Crippen LogP contribution in [0.3, 0.4) is 0 Å². The molecule has 2 nitrogen and oxygen atoms in total. The molecule has 2 heterocycles. The van der Waals surface area contributed by atoms with Crippen LogP contribution in [-0.4, -0.2) is 17.5 Å². The first-order chi connectivity index (χ1) is 9.31. The van der Waals surface area contributed by atoms with Gasteiger partial charge in [0.1, 0.15) is 5.15 Å². The quantitative estimate of drug-likeness (QED) is 0.522. The minimum Gasteiger partial charge on any atom is -0.373 e. The fourth-order valence-corrected chi connectivity index (χ4v) is 10.9. The minimum atomic E-state index is -1.71. The summed E-state index contributed by atoms with van der Waals surface area (Å²) < 4.78 is 2.57. The molecule has 110 valence electrons. The molecule has 0 radical (unpaired) electrons. The van der Waals surface area contributed by atoms with Crippen molar-refractivity contribution in [2.45, 2.75) is 58.2 Å². The van der Waals surface area contributed by atoms with E-state index in [-0.39, 0.29) is 0 Å². The van der Waals surface area contributed by atoms with Gasteiger partial charge < -0.3 is 4.23 Å². The second-order valence-corrected chi connectivity index (χ2v) is 12.7. The topological polar surface area (TPSA) is 17.8 Å². The lowest BCUT2D eigenvalue weighted by Crippen LogP contribution is -2.51. The first-order valence-electron chi connectivity index (χ1n) is 7.44. The molecule has 0 spiro atoms. The fraction of sp³-hybridized carbons (Fsp3) is 0.562. The first kappa shape index (κ1) is 15.6. The van der Waals surface area contributed by atoms with E-state index < -0.39 is 8.24 Å². The maximum atomic E-state index is 6.13. The molecule has 0 aromatic carbocycles. The molecule has 20 heavy (non-hydrogen) atoms. The fourth-order valence-electron chi connectivity index (χ4n) is 4.18. The minimum absolute atomic E-state index is 0.580. The standard InChI is InChI=1S/C16H25ClN2Si/c1-11(2)20(12(3)4,13(5)6)19-8-7-14-10-18-16(17)9-15(14)19/h7-13H,1-6H3. The van der Waals surface area contributed by atoms with Crippen LogP contribution in [0.5, 0.6) is 0 Å². The van der Waals surface area contributed by atoms with Gasteiger partial charge in [0.25, 0.3) is 0 Å². The van der Waals surface area contributed by atoms with Crippen LogP contribution in [0.2, 0.25) is 21.8 Å². The highest BCUT2D eigenvalue weighted by molar-refractivity contribution is 6.82. The average molecular weight is 309 g/mol. The van der Waals surface area contributed by atoms with Gasteiger partial charge in [-0.3, -0.25) is 0 Å². The molecule has 0 saturated carbocycles. The van der Waals surface area contributed by atoms with Crippen LogP contribution in [0.4, 0.5) is 0 Å². The van der Waals surface area contributed by atoms with Crippen LogP contribution in [0, 0.1) is 0 Å². The third kappa shape index (κ3) is 2.21. The van der Waals surface area contributed by atoms with Crippen molar-refractivity contribution >= 4 is 30.7 Å². The van der Waals surface area contributed by atoms with Crippen LogP contribution >= 0.6 is 11.6 Å². The van der Waals surface area contributed by atoms with Crippen molar-refractivity contribution in [2.24, 2.45) is 0 Å². The van der Waals surface area contributed by atoms with Gasteiger partial charge in [0, 0.05) is 17.1 Å². The van der Waals surface area contributed by atoms with E-state index in [4.69, 9.17) is 11.6 Å². The van der Waals surface area contributed by atoms with Gasteiger partial charge in [0.15, 0.2) is 8.24 Å². The summed E-state index contributed by atoms with van der Waals surface area (Å²) in [6.07, 6.45) is 4.14. The predicted molar refractivity (Wildman–Crippen MR) is 91.2 cm³/mol. The molecule has 2 rings (SSSR count). The highest BCUT2D eigenvalue weighted by Crippen LogP contribution is 2.44. The summed E-state index contributed by atoms with van der Waals surface area (Å²) in [5.41, 5.74) is 3.26. The van der Waals surface area contributed by atoms with Gasteiger partial charge >= 0.3 is 0 Å². The van der Waals surface area contributed by atoms with Gasteiger partial charge in [-0.1, -0.05) is 53.1 Å². The van der Waals surface area contributed by atoms with Gasteiger partial charge in [0.05, 0.1) is 0 Å². The van der Waals surface area contributed by atoms with E-state index in [2.05, 4.69) is 63.0 Å². The van der Waals surface area contributed by atoms with E-state index in [0.29, 0.717) is 21.8 Å². The number of aromatic nitrogens is 2. The van der Waals surface area contributed by atoms with Crippen LogP contribution < -0.4 is 0 Å². The van der Waals surface area contributed by atoms with Crippen LogP contribution in [0.1, 0.15) is 41.5 Å². The summed E-state index contributed by atoms with van der Waals surface area (Å²) in [6, 6.07) is 4.19. The number of fused-ring (bicyclic) bond motifs is 1. The molecule has 0 fully saturated rings. The molecule has 0 atom stereocenters. The van der Waals surface area contributed by atoms with Crippen molar-refractivity contribution in [3.63, 3.8) is 0 Å². The normalized spacial score (nSPS) is 13.1. The highest BCUT2D eigenvalue weighted by Gasteiger charge is 2.45. The summed E-state index contributed by atoms with van der Waals surface area (Å²) in [7, 11) is -1.71. The van der Waals surface area contributed by atoms with Crippen LogP contribution in [-0.2, 0) is 0 Å². The van der Waals surface area contributed by atoms with E-state index in [1.807, 2.05) is 12.3 Å². The number of pyridine rings is 1. The lowest BCUT2D eigenvalue weighted by Gasteiger charge is -2.44. The molecule has 0 aliphatic carbocycles. The van der Waals surface area contributed by atoms with Gasteiger partial charge in [-0.15, -0.1) is 0 Å². The Morgan fingerprint density at radius 1 is 1.05 bits per heavy atom. The number of rotatable bonds is 4. The summed E-state index contributed by atoms with van der Waals surface area (Å²) >= 11 is 6.13. The molecule has 0 saturated heterocycles. The zero-order valence-corrected chi connectivity index (χ0v) is 15.1. The Balaban J connectivity index is 2.78. The molecule has 0 aliphatic heterocycles. The van der Waals surface area contributed by atoms with Gasteiger partial charge in [-0.25, -0.2) is 4.98 Å². The Bertz CT molecular complexity index is 580. The maximum absolute atomic E-state index is 6.13. The molecule has 0 aliphatic rings. The molecule has 2 aromatic heterocycles. The van der Waals surface area contributed by atoms with E-state index in [0.717, 1.165) is 0 Å². The van der Waals surface area contributed by atoms with Crippen molar-refractivity contribution in [1.82, 2.24) is 9.22 Å². The summed E-state index contributed by atoms with van der Waals surface area (Å²) in [5.74, 6) is 0. The van der Waals surface area contributed by atoms with Crippen molar-refractivity contribution in [3.05, 3.63) is 29.7 Å². The van der Waals surface area contributed by atoms with Crippen molar-refractivity contribution < 1.29 is 0 Å². The SMILES string of the molecule is CC(C)[Si](C(C)C)(C(C)C)n1ccc2cnc(Cl)cc21. The molecule has 0 bridgehead atoms. The molecule has 0 unspecified atom stereocenters. The van der Waals surface area contributed by atoms with Gasteiger partial charge in [-0.05, 0) is 35.0 Å². The summed E-state index contributed by atoms with van der Waals surface area (Å²) in [4.78, 5) is 4.20. The molecule has 4 heteroatoms. The van der Waals surface area contributed by atoms with E-state index >= 15 is 0 Å². The van der Waals surface area contributed by atoms with Gasteiger partial charge in [0.2, 0.25) is 0 Å². The third-order valence-corrected chi connectivity index (χ3v) is 11.7. The Hall–Kier alpha value is -0.803. The average Bonchev–Trinajstić information content (AvgIpc) is 2.72. The third-order valence-electron chi connectivity index (χ3n) is 4.73. The van der Waals surface area contributed by atoms with E-state index in [9.17, 15) is 0 Å². The Morgan fingerprint density at radius 2 is 1.60 bits per heavy atom. The van der Waals surface area contributed by atoms with E-state index in [1.54, 1.807) is 0 Å². The zero-order valence-electron chi connectivity index (χ0n) is 13.3.